The van der Waals surface area contributed by atoms with E-state index in [-0.39, 0.29) is 24.4 Å². The number of aryl methyl sites for hydroxylation is 2. The Kier molecular flexibility index (Phi) is 6.06. The average Bonchev–Trinajstić information content (AvgIpc) is 2.64. The van der Waals surface area contributed by atoms with Crippen molar-refractivity contribution in [1.82, 2.24) is 10.6 Å². The van der Waals surface area contributed by atoms with Crippen molar-refractivity contribution in [3.8, 4) is 0 Å². The van der Waals surface area contributed by atoms with Gasteiger partial charge in [0.2, 0.25) is 5.91 Å². The normalized spacial score (nSPS) is 19.6. The molecule has 2 aromatic rings. The summed E-state index contributed by atoms with van der Waals surface area (Å²) in [7, 11) is 0. The number of nitrogens with one attached hydrogen (secondary N) is 3. The summed E-state index contributed by atoms with van der Waals surface area (Å²) in [6.07, 6.45) is 0.750. The molecule has 2 aromatic carbocycles. The molecule has 2 unspecified atom stereocenters. The topological polar surface area (TPSA) is 53.2 Å². The molecule has 1 saturated heterocycles. The fourth-order valence-electron chi connectivity index (χ4n) is 3.67. The maximum absolute atomic E-state index is 13.6. The maximum Gasteiger partial charge on any atom is 0.239 e. The Hall–Kier alpha value is -2.47. The second-order valence-electron chi connectivity index (χ2n) is 7.07. The van der Waals surface area contributed by atoms with Gasteiger partial charge in [-0.15, -0.1) is 0 Å². The van der Waals surface area contributed by atoms with Crippen LogP contribution in [-0.4, -0.2) is 31.6 Å². The van der Waals surface area contributed by atoms with E-state index in [9.17, 15) is 13.6 Å². The highest BCUT2D eigenvalue weighted by molar-refractivity contribution is 5.81. The van der Waals surface area contributed by atoms with Crippen LogP contribution in [0.3, 0.4) is 0 Å². The number of carbonyl (C=O) groups excluding carboxylic acids is 1. The molecule has 1 aliphatic rings. The zero-order chi connectivity index (χ0) is 19.4. The quantitative estimate of drug-likeness (QED) is 0.754. The lowest BCUT2D eigenvalue weighted by atomic mass is 9.86. The number of benzene rings is 2. The van der Waals surface area contributed by atoms with Crippen LogP contribution in [0.5, 0.6) is 0 Å². The van der Waals surface area contributed by atoms with E-state index in [1.54, 1.807) is 6.07 Å². The molecule has 144 valence electrons. The zero-order valence-electron chi connectivity index (χ0n) is 15.6. The third-order valence-electron chi connectivity index (χ3n) is 5.11. The number of amides is 1. The van der Waals surface area contributed by atoms with Crippen LogP contribution in [0, 0.1) is 25.5 Å². The van der Waals surface area contributed by atoms with Crippen molar-refractivity contribution in [3.05, 3.63) is 64.7 Å². The number of hydrogen-bond acceptors (Lipinski definition) is 3. The summed E-state index contributed by atoms with van der Waals surface area (Å²) < 4.78 is 26.9. The first kappa shape index (κ1) is 19.3. The van der Waals surface area contributed by atoms with E-state index in [1.165, 1.54) is 6.07 Å². The SMILES string of the molecule is Cc1cccc(C)c1NCC(=O)NC1CNCCC1c1ccc(F)c(F)c1. The van der Waals surface area contributed by atoms with Gasteiger partial charge in [-0.05, 0) is 55.6 Å². The van der Waals surface area contributed by atoms with Crippen LogP contribution in [0.25, 0.3) is 0 Å². The molecule has 2 atom stereocenters. The lowest BCUT2D eigenvalue weighted by Crippen LogP contribution is -2.51. The molecule has 0 spiro atoms. The molecule has 3 rings (SSSR count). The van der Waals surface area contributed by atoms with E-state index in [1.807, 2.05) is 32.0 Å². The van der Waals surface area contributed by atoms with Gasteiger partial charge in [-0.3, -0.25) is 4.79 Å². The van der Waals surface area contributed by atoms with Gasteiger partial charge in [-0.25, -0.2) is 8.78 Å². The molecule has 1 amide bonds. The van der Waals surface area contributed by atoms with Gasteiger partial charge >= 0.3 is 0 Å². The van der Waals surface area contributed by atoms with Crippen LogP contribution in [0.1, 0.15) is 29.0 Å². The molecule has 6 heteroatoms. The van der Waals surface area contributed by atoms with Crippen LogP contribution in [0.2, 0.25) is 0 Å². The van der Waals surface area contributed by atoms with Crippen molar-refractivity contribution < 1.29 is 13.6 Å². The Morgan fingerprint density at radius 1 is 1.15 bits per heavy atom. The predicted molar refractivity (Wildman–Crippen MR) is 103 cm³/mol. The van der Waals surface area contributed by atoms with E-state index in [4.69, 9.17) is 0 Å². The summed E-state index contributed by atoms with van der Waals surface area (Å²) in [5, 5.41) is 9.49. The van der Waals surface area contributed by atoms with Crippen molar-refractivity contribution >= 4 is 11.6 Å². The summed E-state index contributed by atoms with van der Waals surface area (Å²) in [5.41, 5.74) is 3.85. The highest BCUT2D eigenvalue weighted by Crippen LogP contribution is 2.27. The van der Waals surface area contributed by atoms with Gasteiger partial charge < -0.3 is 16.0 Å². The largest absolute Gasteiger partial charge is 0.376 e. The molecule has 3 N–H and O–H groups in total. The first-order valence-corrected chi connectivity index (χ1v) is 9.21. The molecule has 27 heavy (non-hydrogen) atoms. The van der Waals surface area contributed by atoms with E-state index in [2.05, 4.69) is 16.0 Å². The summed E-state index contributed by atoms with van der Waals surface area (Å²) in [5.74, 6) is -1.89. The second kappa shape index (κ2) is 8.48. The number of hydrogen-bond donors (Lipinski definition) is 3. The summed E-state index contributed by atoms with van der Waals surface area (Å²) in [6, 6.07) is 9.79. The van der Waals surface area contributed by atoms with Gasteiger partial charge in [0.15, 0.2) is 11.6 Å². The molecule has 0 saturated carbocycles. The highest BCUT2D eigenvalue weighted by Gasteiger charge is 2.28. The molecule has 0 aliphatic carbocycles. The van der Waals surface area contributed by atoms with E-state index in [0.717, 1.165) is 35.8 Å². The third-order valence-corrected chi connectivity index (χ3v) is 5.11. The third kappa shape index (κ3) is 4.63. The van der Waals surface area contributed by atoms with Gasteiger partial charge in [-0.1, -0.05) is 24.3 Å². The van der Waals surface area contributed by atoms with E-state index < -0.39 is 11.6 Å². The molecular formula is C21H25F2N3O. The van der Waals surface area contributed by atoms with Crippen molar-refractivity contribution in [1.29, 1.82) is 0 Å². The van der Waals surface area contributed by atoms with Crippen molar-refractivity contribution in [3.63, 3.8) is 0 Å². The van der Waals surface area contributed by atoms with Crippen LogP contribution in [0.15, 0.2) is 36.4 Å². The number of carbonyl (C=O) groups is 1. The molecule has 4 nitrogen and oxygen atoms in total. The molecular weight excluding hydrogens is 348 g/mol. The second-order valence-corrected chi connectivity index (χ2v) is 7.07. The van der Waals surface area contributed by atoms with Crippen molar-refractivity contribution in [2.24, 2.45) is 0 Å². The number of para-hydroxylation sites is 1. The molecule has 1 fully saturated rings. The lowest BCUT2D eigenvalue weighted by Gasteiger charge is -2.33. The minimum Gasteiger partial charge on any atom is -0.376 e. The summed E-state index contributed by atoms with van der Waals surface area (Å²) >= 11 is 0. The fourth-order valence-corrected chi connectivity index (χ4v) is 3.67. The minimum absolute atomic E-state index is 0.0505. The molecule has 1 aliphatic heterocycles. The zero-order valence-corrected chi connectivity index (χ0v) is 15.6. The highest BCUT2D eigenvalue weighted by atomic mass is 19.2. The average molecular weight is 373 g/mol. The van der Waals surface area contributed by atoms with Gasteiger partial charge in [-0.2, -0.15) is 0 Å². The summed E-state index contributed by atoms with van der Waals surface area (Å²) in [6.45, 7) is 5.52. The smallest absolute Gasteiger partial charge is 0.239 e. The molecule has 0 bridgehead atoms. The van der Waals surface area contributed by atoms with Crippen molar-refractivity contribution in [2.75, 3.05) is 25.0 Å². The number of anilines is 1. The summed E-state index contributed by atoms with van der Waals surface area (Å²) in [4.78, 5) is 12.5. The van der Waals surface area contributed by atoms with Gasteiger partial charge in [0, 0.05) is 24.2 Å². The Bertz CT molecular complexity index is 805. The first-order valence-electron chi connectivity index (χ1n) is 9.21. The minimum atomic E-state index is -0.855. The molecule has 0 radical (unpaired) electrons. The van der Waals surface area contributed by atoms with E-state index in [0.29, 0.717) is 12.1 Å². The Balaban J connectivity index is 1.65. The van der Waals surface area contributed by atoms with Crippen LogP contribution >= 0.6 is 0 Å². The predicted octanol–water partition coefficient (Wildman–Crippen LogP) is 3.26. The van der Waals surface area contributed by atoms with Crippen LogP contribution in [0.4, 0.5) is 14.5 Å². The Labute approximate surface area is 158 Å². The monoisotopic (exact) mass is 373 g/mol. The van der Waals surface area contributed by atoms with Crippen LogP contribution in [-0.2, 0) is 4.79 Å². The number of piperidine rings is 1. The molecule has 0 aromatic heterocycles. The van der Waals surface area contributed by atoms with Crippen molar-refractivity contribution in [2.45, 2.75) is 32.2 Å². The first-order chi connectivity index (χ1) is 13.0. The van der Waals surface area contributed by atoms with Gasteiger partial charge in [0.05, 0.1) is 6.54 Å². The number of rotatable bonds is 5. The molecule has 1 heterocycles. The van der Waals surface area contributed by atoms with E-state index >= 15 is 0 Å². The van der Waals surface area contributed by atoms with Gasteiger partial charge in [0.25, 0.3) is 0 Å². The number of halogens is 2. The van der Waals surface area contributed by atoms with Crippen LogP contribution < -0.4 is 16.0 Å². The Morgan fingerprint density at radius 3 is 2.59 bits per heavy atom. The lowest BCUT2D eigenvalue weighted by molar-refractivity contribution is -0.120. The maximum atomic E-state index is 13.6. The standard InChI is InChI=1S/C21H25F2N3O/c1-13-4-3-5-14(2)21(13)25-12-20(27)26-19-11-24-9-8-16(19)15-6-7-17(22)18(23)10-15/h3-7,10,16,19,24-25H,8-9,11-12H2,1-2H3,(H,26,27). The Morgan fingerprint density at radius 2 is 1.89 bits per heavy atom. The van der Waals surface area contributed by atoms with Gasteiger partial charge in [0.1, 0.15) is 0 Å². The fraction of sp³-hybridized carbons (Fsp3) is 0.381.